The lowest BCUT2D eigenvalue weighted by Crippen LogP contribution is -2.18. The minimum absolute atomic E-state index is 0.266. The third-order valence-electron chi connectivity index (χ3n) is 2.12. The summed E-state index contributed by atoms with van der Waals surface area (Å²) in [5.74, 6) is -0.266. The molecule has 1 aromatic rings. The number of carbonyl (C=O) groups excluding carboxylic acids is 1. The summed E-state index contributed by atoms with van der Waals surface area (Å²) in [6, 6.07) is 4.63. The van der Waals surface area contributed by atoms with Crippen molar-refractivity contribution in [3.05, 3.63) is 41.5 Å². The van der Waals surface area contributed by atoms with Crippen LogP contribution >= 0.6 is 0 Å². The van der Waals surface area contributed by atoms with E-state index in [1.54, 1.807) is 13.0 Å². The van der Waals surface area contributed by atoms with Gasteiger partial charge in [-0.15, -0.1) is 0 Å². The normalized spacial score (nSPS) is 12.4. The SMILES string of the molecule is CC=C(NC(C)=O)c1ccc(C(F)(F)F)cc1. The van der Waals surface area contributed by atoms with Crippen molar-refractivity contribution in [1.82, 2.24) is 5.32 Å². The molecule has 1 rings (SSSR count). The Morgan fingerprint density at radius 1 is 1.24 bits per heavy atom. The fourth-order valence-electron chi connectivity index (χ4n) is 1.34. The molecule has 0 aliphatic carbocycles. The number of halogens is 3. The van der Waals surface area contributed by atoms with E-state index in [0.717, 1.165) is 12.1 Å². The van der Waals surface area contributed by atoms with Crippen LogP contribution in [0.25, 0.3) is 5.70 Å². The van der Waals surface area contributed by atoms with Crippen LogP contribution in [0.5, 0.6) is 0 Å². The van der Waals surface area contributed by atoms with Gasteiger partial charge in [-0.05, 0) is 24.6 Å². The zero-order valence-corrected chi connectivity index (χ0v) is 9.43. The molecule has 0 radical (unpaired) electrons. The van der Waals surface area contributed by atoms with E-state index in [1.165, 1.54) is 19.1 Å². The predicted molar refractivity (Wildman–Crippen MR) is 58.9 cm³/mol. The van der Waals surface area contributed by atoms with E-state index in [0.29, 0.717) is 11.3 Å². The summed E-state index contributed by atoms with van der Waals surface area (Å²) in [6.07, 6.45) is -2.72. The average molecular weight is 243 g/mol. The lowest BCUT2D eigenvalue weighted by molar-refractivity contribution is -0.137. The van der Waals surface area contributed by atoms with Crippen LogP contribution < -0.4 is 5.32 Å². The summed E-state index contributed by atoms with van der Waals surface area (Å²) in [5.41, 5.74) is 0.321. The van der Waals surface area contributed by atoms with E-state index < -0.39 is 11.7 Å². The summed E-state index contributed by atoms with van der Waals surface area (Å²) in [7, 11) is 0. The van der Waals surface area contributed by atoms with Crippen LogP contribution in [0.1, 0.15) is 25.0 Å². The molecule has 2 nitrogen and oxygen atoms in total. The zero-order chi connectivity index (χ0) is 13.1. The van der Waals surface area contributed by atoms with Crippen molar-refractivity contribution in [3.63, 3.8) is 0 Å². The van der Waals surface area contributed by atoms with E-state index >= 15 is 0 Å². The van der Waals surface area contributed by atoms with Crippen molar-refractivity contribution in [2.45, 2.75) is 20.0 Å². The minimum atomic E-state index is -4.34. The van der Waals surface area contributed by atoms with Gasteiger partial charge in [0.1, 0.15) is 0 Å². The lowest BCUT2D eigenvalue weighted by Gasteiger charge is -2.10. The van der Waals surface area contributed by atoms with Gasteiger partial charge in [0, 0.05) is 12.6 Å². The van der Waals surface area contributed by atoms with Crippen LogP contribution in [0, 0.1) is 0 Å². The van der Waals surface area contributed by atoms with Gasteiger partial charge in [0.15, 0.2) is 0 Å². The second kappa shape index (κ2) is 5.03. The van der Waals surface area contributed by atoms with Crippen LogP contribution in [0.3, 0.4) is 0 Å². The Kier molecular flexibility index (Phi) is 3.93. The number of allylic oxidation sites excluding steroid dienone is 1. The van der Waals surface area contributed by atoms with Crippen molar-refractivity contribution in [2.24, 2.45) is 0 Å². The standard InChI is InChI=1S/C12H12F3NO/c1-3-11(16-8(2)17)9-4-6-10(7-5-9)12(13,14)15/h3-7H,1-2H3,(H,16,17). The van der Waals surface area contributed by atoms with E-state index in [-0.39, 0.29) is 5.91 Å². The van der Waals surface area contributed by atoms with Gasteiger partial charge in [-0.3, -0.25) is 4.79 Å². The molecule has 0 bridgehead atoms. The highest BCUT2D eigenvalue weighted by molar-refractivity contribution is 5.84. The van der Waals surface area contributed by atoms with E-state index in [4.69, 9.17) is 0 Å². The Hall–Kier alpha value is -1.78. The highest BCUT2D eigenvalue weighted by atomic mass is 19.4. The zero-order valence-electron chi connectivity index (χ0n) is 9.43. The quantitative estimate of drug-likeness (QED) is 0.849. The molecule has 5 heteroatoms. The van der Waals surface area contributed by atoms with E-state index in [2.05, 4.69) is 5.32 Å². The van der Waals surface area contributed by atoms with Crippen molar-refractivity contribution < 1.29 is 18.0 Å². The van der Waals surface area contributed by atoms with Crippen molar-refractivity contribution in [1.29, 1.82) is 0 Å². The number of hydrogen-bond acceptors (Lipinski definition) is 1. The number of carbonyl (C=O) groups is 1. The number of amides is 1. The Bertz CT molecular complexity index is 432. The largest absolute Gasteiger partial charge is 0.416 e. The summed E-state index contributed by atoms with van der Waals surface area (Å²) in [5, 5.41) is 2.54. The number of hydrogen-bond donors (Lipinski definition) is 1. The minimum Gasteiger partial charge on any atom is -0.326 e. The van der Waals surface area contributed by atoms with Crippen LogP contribution in [0.15, 0.2) is 30.3 Å². The van der Waals surface area contributed by atoms with Gasteiger partial charge in [-0.2, -0.15) is 13.2 Å². The smallest absolute Gasteiger partial charge is 0.326 e. The first-order valence-electron chi connectivity index (χ1n) is 4.96. The van der Waals surface area contributed by atoms with E-state index in [9.17, 15) is 18.0 Å². The number of rotatable bonds is 2. The molecule has 0 unspecified atom stereocenters. The topological polar surface area (TPSA) is 29.1 Å². The molecular weight excluding hydrogens is 231 g/mol. The van der Waals surface area contributed by atoms with Gasteiger partial charge in [-0.25, -0.2) is 0 Å². The van der Waals surface area contributed by atoms with Gasteiger partial charge in [0.25, 0.3) is 0 Å². The molecule has 0 atom stereocenters. The first-order chi connectivity index (χ1) is 7.84. The number of alkyl halides is 3. The Morgan fingerprint density at radius 3 is 2.12 bits per heavy atom. The van der Waals surface area contributed by atoms with Crippen molar-refractivity contribution in [2.75, 3.05) is 0 Å². The molecule has 0 saturated heterocycles. The molecule has 0 aliphatic heterocycles. The lowest BCUT2D eigenvalue weighted by atomic mass is 10.1. The van der Waals surface area contributed by atoms with Gasteiger partial charge in [-0.1, -0.05) is 18.2 Å². The Balaban J connectivity index is 2.98. The third kappa shape index (κ3) is 3.62. The van der Waals surface area contributed by atoms with Crippen molar-refractivity contribution >= 4 is 11.6 Å². The highest BCUT2D eigenvalue weighted by Gasteiger charge is 2.29. The first kappa shape index (κ1) is 13.3. The van der Waals surface area contributed by atoms with E-state index in [1.807, 2.05) is 0 Å². The molecule has 0 spiro atoms. The number of benzene rings is 1. The molecule has 1 amide bonds. The maximum atomic E-state index is 12.3. The fourth-order valence-corrected chi connectivity index (χ4v) is 1.34. The second-order valence-electron chi connectivity index (χ2n) is 3.46. The maximum absolute atomic E-state index is 12.3. The molecule has 1 N–H and O–H groups in total. The maximum Gasteiger partial charge on any atom is 0.416 e. The monoisotopic (exact) mass is 243 g/mol. The molecular formula is C12H12F3NO. The van der Waals surface area contributed by atoms with Gasteiger partial charge in [0.2, 0.25) is 5.91 Å². The second-order valence-corrected chi connectivity index (χ2v) is 3.46. The molecule has 0 fully saturated rings. The molecule has 0 saturated carbocycles. The van der Waals surface area contributed by atoms with Crippen LogP contribution in [-0.4, -0.2) is 5.91 Å². The summed E-state index contributed by atoms with van der Waals surface area (Å²) in [4.78, 5) is 10.9. The number of nitrogens with one attached hydrogen (secondary N) is 1. The van der Waals surface area contributed by atoms with Crippen LogP contribution in [0.4, 0.5) is 13.2 Å². The molecule has 0 aliphatic rings. The van der Waals surface area contributed by atoms with Crippen LogP contribution in [0.2, 0.25) is 0 Å². The summed E-state index contributed by atoms with van der Waals surface area (Å²) < 4.78 is 37.0. The third-order valence-corrected chi connectivity index (χ3v) is 2.12. The average Bonchev–Trinajstić information content (AvgIpc) is 2.24. The summed E-state index contributed by atoms with van der Waals surface area (Å²) >= 11 is 0. The van der Waals surface area contributed by atoms with Crippen LogP contribution in [-0.2, 0) is 11.0 Å². The Labute approximate surface area is 97.1 Å². The molecule has 0 aromatic heterocycles. The molecule has 1 aromatic carbocycles. The highest BCUT2D eigenvalue weighted by Crippen LogP contribution is 2.29. The molecule has 17 heavy (non-hydrogen) atoms. The predicted octanol–water partition coefficient (Wildman–Crippen LogP) is 3.20. The van der Waals surface area contributed by atoms with Gasteiger partial charge < -0.3 is 5.32 Å². The fraction of sp³-hybridized carbons (Fsp3) is 0.250. The molecule has 0 heterocycles. The summed E-state index contributed by atoms with van der Waals surface area (Å²) in [6.45, 7) is 3.04. The Morgan fingerprint density at radius 2 is 1.76 bits per heavy atom. The van der Waals surface area contributed by atoms with Crippen molar-refractivity contribution in [3.8, 4) is 0 Å². The van der Waals surface area contributed by atoms with Gasteiger partial charge in [0.05, 0.1) is 5.56 Å². The van der Waals surface area contributed by atoms with Gasteiger partial charge >= 0.3 is 6.18 Å². The molecule has 92 valence electrons. The first-order valence-corrected chi connectivity index (χ1v) is 4.96.